The number of nitrogen functional groups attached to an aromatic ring is 1. The van der Waals surface area contributed by atoms with Gasteiger partial charge in [-0.05, 0) is 51.8 Å². The molecule has 3 rings (SSSR count). The molecule has 0 amide bonds. The average molecular weight is 543 g/mol. The van der Waals surface area contributed by atoms with Gasteiger partial charge in [0.25, 0.3) is 0 Å². The van der Waals surface area contributed by atoms with E-state index in [1.165, 1.54) is 6.33 Å². The fraction of sp³-hybridized carbons (Fsp3) is 0.480. The lowest BCUT2D eigenvalue weighted by molar-refractivity contribution is -0.149. The number of carbonyl (C=O) groups excluding carboxylic acids is 1. The van der Waals surface area contributed by atoms with Crippen molar-refractivity contribution < 1.29 is 18.8 Å². The summed E-state index contributed by atoms with van der Waals surface area (Å²) in [6.45, 7) is 9.48. The van der Waals surface area contributed by atoms with Crippen molar-refractivity contribution in [2.45, 2.75) is 65.3 Å². The van der Waals surface area contributed by atoms with Crippen LogP contribution in [0.1, 0.15) is 58.2 Å². The summed E-state index contributed by atoms with van der Waals surface area (Å²) >= 11 is 0. The molecule has 2 aromatic heterocycles. The molecular weight excluding hydrogens is 507 g/mol. The Morgan fingerprint density at radius 1 is 1.24 bits per heavy atom. The highest BCUT2D eigenvalue weighted by Gasteiger charge is 2.38. The first-order valence-electron chi connectivity index (χ1n) is 12.3. The van der Waals surface area contributed by atoms with E-state index >= 15 is 0 Å². The van der Waals surface area contributed by atoms with Crippen LogP contribution in [0.5, 0.6) is 0 Å². The molecule has 2 heterocycles. The molecule has 0 aliphatic carbocycles. The Bertz CT molecular complexity index is 1340. The number of nitrogens with zero attached hydrogens (tertiary/aromatic N) is 5. The van der Waals surface area contributed by atoms with E-state index in [0.29, 0.717) is 29.7 Å². The van der Waals surface area contributed by atoms with Crippen LogP contribution in [0.3, 0.4) is 0 Å². The normalized spacial score (nSPS) is 14.9. The van der Waals surface area contributed by atoms with E-state index < -0.39 is 19.0 Å². The van der Waals surface area contributed by atoms with Crippen LogP contribution in [-0.4, -0.2) is 50.1 Å². The van der Waals surface area contributed by atoms with Gasteiger partial charge in [-0.2, -0.15) is 5.26 Å². The highest BCUT2D eigenvalue weighted by Crippen LogP contribution is 2.42. The lowest BCUT2D eigenvalue weighted by atomic mass is 10.1. The molecule has 0 aliphatic heterocycles. The third kappa shape index (κ3) is 7.36. The summed E-state index contributed by atoms with van der Waals surface area (Å²) in [5.41, 5.74) is 7.05. The quantitative estimate of drug-likeness (QED) is 0.213. The van der Waals surface area contributed by atoms with E-state index in [-0.39, 0.29) is 30.9 Å². The molecule has 0 aliphatic rings. The molecule has 204 valence electrons. The zero-order valence-corrected chi connectivity index (χ0v) is 23.2. The predicted octanol–water partition coefficient (Wildman–Crippen LogP) is 3.51. The second kappa shape index (κ2) is 12.5. The van der Waals surface area contributed by atoms with E-state index in [9.17, 15) is 9.36 Å². The van der Waals surface area contributed by atoms with Crippen molar-refractivity contribution in [1.82, 2.24) is 29.7 Å². The maximum absolute atomic E-state index is 14.2. The Kier molecular flexibility index (Phi) is 9.57. The van der Waals surface area contributed by atoms with Gasteiger partial charge >= 0.3 is 5.97 Å². The van der Waals surface area contributed by atoms with Gasteiger partial charge in [-0.1, -0.05) is 19.1 Å². The van der Waals surface area contributed by atoms with E-state index in [0.717, 1.165) is 5.56 Å². The topological polar surface area (TPSA) is 170 Å². The minimum Gasteiger partial charge on any atom is -0.464 e. The summed E-state index contributed by atoms with van der Waals surface area (Å²) in [4.78, 5) is 25.2. The summed E-state index contributed by atoms with van der Waals surface area (Å²) in [5.74, 6) is -0.225. The number of nitrogens with two attached hydrogens (primary N) is 1. The van der Waals surface area contributed by atoms with Crippen molar-refractivity contribution in [2.24, 2.45) is 0 Å². The third-order valence-corrected chi connectivity index (χ3v) is 8.01. The van der Waals surface area contributed by atoms with E-state index in [1.54, 1.807) is 49.0 Å². The van der Waals surface area contributed by atoms with Crippen LogP contribution in [0.2, 0.25) is 0 Å². The maximum Gasteiger partial charge on any atom is 0.326 e. The molecule has 0 spiro atoms. The number of fused-ring (bicyclic) bond motifs is 1. The zero-order valence-electron chi connectivity index (χ0n) is 22.3. The van der Waals surface area contributed by atoms with Crippen LogP contribution < -0.4 is 15.9 Å². The van der Waals surface area contributed by atoms with Gasteiger partial charge in [-0.3, -0.25) is 9.36 Å². The van der Waals surface area contributed by atoms with E-state index in [1.807, 2.05) is 20.8 Å². The highest BCUT2D eigenvalue weighted by atomic mass is 31.2. The van der Waals surface area contributed by atoms with Crippen LogP contribution in [0.15, 0.2) is 36.9 Å². The molecule has 3 atom stereocenters. The monoisotopic (exact) mass is 542 g/mol. The molecule has 12 nitrogen and oxygen atoms in total. The first-order valence-corrected chi connectivity index (χ1v) is 14.2. The Balaban J connectivity index is 1.77. The van der Waals surface area contributed by atoms with Gasteiger partial charge in [0.15, 0.2) is 11.5 Å². The van der Waals surface area contributed by atoms with Gasteiger partial charge in [0.1, 0.15) is 23.7 Å². The Morgan fingerprint density at radius 3 is 2.61 bits per heavy atom. The molecule has 3 aromatic rings. The Morgan fingerprint density at radius 2 is 1.95 bits per heavy atom. The third-order valence-electron chi connectivity index (χ3n) is 5.77. The fourth-order valence-corrected chi connectivity index (χ4v) is 6.24. The molecule has 0 bridgehead atoms. The molecule has 1 aromatic carbocycles. The first-order chi connectivity index (χ1) is 18.0. The predicted molar refractivity (Wildman–Crippen MR) is 144 cm³/mol. The molecule has 0 radical (unpaired) electrons. The number of benzene rings is 1. The zero-order chi connectivity index (χ0) is 27.9. The lowest BCUT2D eigenvalue weighted by Gasteiger charge is -2.33. The van der Waals surface area contributed by atoms with Crippen LogP contribution in [-0.2, 0) is 25.4 Å². The van der Waals surface area contributed by atoms with Crippen molar-refractivity contribution in [3.8, 4) is 6.07 Å². The van der Waals surface area contributed by atoms with Gasteiger partial charge < -0.3 is 19.8 Å². The smallest absolute Gasteiger partial charge is 0.326 e. The van der Waals surface area contributed by atoms with Crippen LogP contribution in [0.4, 0.5) is 5.82 Å². The number of imidazole rings is 1. The van der Waals surface area contributed by atoms with Crippen molar-refractivity contribution in [2.75, 3.05) is 18.7 Å². The number of carbonyl (C=O) groups is 1. The molecule has 13 heteroatoms. The highest BCUT2D eigenvalue weighted by molar-refractivity contribution is 7.59. The van der Waals surface area contributed by atoms with Gasteiger partial charge in [0.2, 0.25) is 7.44 Å². The van der Waals surface area contributed by atoms with E-state index in [2.05, 4.69) is 31.2 Å². The minimum absolute atomic E-state index is 0.205. The summed E-state index contributed by atoms with van der Waals surface area (Å²) in [6, 6.07) is 8.69. The molecule has 4 N–H and O–H groups in total. The maximum atomic E-state index is 14.2. The lowest BCUT2D eigenvalue weighted by Crippen LogP contribution is -2.49. The van der Waals surface area contributed by atoms with Gasteiger partial charge in [0.05, 0.1) is 37.2 Å². The van der Waals surface area contributed by atoms with Crippen molar-refractivity contribution in [3.63, 3.8) is 0 Å². The van der Waals surface area contributed by atoms with Gasteiger partial charge in [-0.25, -0.2) is 25.1 Å². The molecule has 0 unspecified atom stereocenters. The van der Waals surface area contributed by atoms with Crippen molar-refractivity contribution >= 4 is 30.4 Å². The number of aromatic nitrogens is 4. The summed E-state index contributed by atoms with van der Waals surface area (Å²) in [5, 5.41) is 15.2. The number of hydrogen-bond acceptors (Lipinski definition) is 9. The van der Waals surface area contributed by atoms with Crippen LogP contribution in [0, 0.1) is 11.3 Å². The largest absolute Gasteiger partial charge is 0.464 e. The van der Waals surface area contributed by atoms with Crippen LogP contribution in [0.25, 0.3) is 11.2 Å². The number of esters is 1. The SMILES string of the molecule is CCCOC(=O)C(C)(C)N[P@@](=O)(CO[C@H](C)Cn1cnc2c(N)ncnc21)N[C@H](C)c1ccc(C#N)cc1. The number of rotatable bonds is 13. The summed E-state index contributed by atoms with van der Waals surface area (Å²) in [7, 11) is -3.53. The number of hydrogen-bond donors (Lipinski definition) is 3. The van der Waals surface area contributed by atoms with Crippen molar-refractivity contribution in [3.05, 3.63) is 48.0 Å². The van der Waals surface area contributed by atoms with Crippen molar-refractivity contribution in [1.29, 1.82) is 5.26 Å². The summed E-state index contributed by atoms with van der Waals surface area (Å²) < 4.78 is 27.3. The molecule has 0 saturated carbocycles. The number of nitriles is 1. The van der Waals surface area contributed by atoms with Gasteiger partial charge in [0, 0.05) is 6.04 Å². The molecule has 38 heavy (non-hydrogen) atoms. The average Bonchev–Trinajstić information content (AvgIpc) is 3.29. The number of nitrogens with one attached hydrogen (secondary N) is 2. The molecular formula is C25H35N8O4P. The van der Waals surface area contributed by atoms with E-state index in [4.69, 9.17) is 20.5 Å². The molecule has 0 fully saturated rings. The standard InChI is InChI=1S/C25H35N8O4P/c1-6-11-36-24(34)25(4,5)32-38(35,31-18(3)20-9-7-19(12-26)8-10-20)16-37-17(2)13-33-15-30-21-22(27)28-14-29-23(21)33/h7-10,14-15,17-18H,6,11,13,16H2,1-5H3,(H2,27,28,29)(H2,31,32,35)/t17-,18-,38-/m1/s1. The Labute approximate surface area is 222 Å². The second-order valence-electron chi connectivity index (χ2n) is 9.63. The summed E-state index contributed by atoms with van der Waals surface area (Å²) in [6.07, 6.45) is 3.05. The second-order valence-corrected chi connectivity index (χ2v) is 11.9. The minimum atomic E-state index is -3.53. The van der Waals surface area contributed by atoms with Gasteiger partial charge in [-0.15, -0.1) is 0 Å². The molecule has 0 saturated heterocycles. The van der Waals surface area contributed by atoms with Crippen LogP contribution >= 0.6 is 7.44 Å². The number of anilines is 1. The fourth-order valence-electron chi connectivity index (χ4n) is 3.80. The number of ether oxygens (including phenoxy) is 2. The first kappa shape index (κ1) is 29.2. The Hall–Kier alpha value is -3.36.